The van der Waals surface area contributed by atoms with E-state index in [0.29, 0.717) is 37.7 Å². The second-order valence-corrected chi connectivity index (χ2v) is 8.61. The zero-order valence-electron chi connectivity index (χ0n) is 17.5. The molecule has 1 aliphatic heterocycles. The van der Waals surface area contributed by atoms with E-state index in [0.717, 1.165) is 10.7 Å². The molecule has 166 valence electrons. The summed E-state index contributed by atoms with van der Waals surface area (Å²) in [7, 11) is 0. The van der Waals surface area contributed by atoms with Crippen LogP contribution in [0, 0.1) is 0 Å². The van der Waals surface area contributed by atoms with Crippen LogP contribution in [0.5, 0.6) is 5.75 Å². The van der Waals surface area contributed by atoms with Gasteiger partial charge in [-0.3, -0.25) is 0 Å². The Labute approximate surface area is 189 Å². The Morgan fingerprint density at radius 3 is 2.44 bits per heavy atom. The van der Waals surface area contributed by atoms with Crippen LogP contribution in [0.25, 0.3) is 0 Å². The van der Waals surface area contributed by atoms with Crippen LogP contribution < -0.4 is 9.64 Å². The van der Waals surface area contributed by atoms with Crippen LogP contribution in [0.4, 0.5) is 10.6 Å². The summed E-state index contributed by atoms with van der Waals surface area (Å²) in [4.78, 5) is 38.7. The number of carboxylic acids is 1. The second-order valence-electron chi connectivity index (χ2n) is 7.28. The number of nitrogens with one attached hydrogen (secondary N) is 1. The largest absolute Gasteiger partial charge is 0.478 e. The van der Waals surface area contributed by atoms with Gasteiger partial charge in [0.2, 0.25) is 0 Å². The highest BCUT2D eigenvalue weighted by atomic mass is 32.2. The molecule has 3 heterocycles. The number of aromatic amines is 1. The average molecular weight is 454 g/mol. The van der Waals surface area contributed by atoms with Gasteiger partial charge in [-0.1, -0.05) is 23.9 Å². The molecule has 1 aromatic carbocycles. The third-order valence-corrected chi connectivity index (χ3v) is 6.25. The number of hydrogen-bond donors (Lipinski definition) is 2. The summed E-state index contributed by atoms with van der Waals surface area (Å²) < 4.78 is 5.54. The molecule has 2 aromatic heterocycles. The maximum atomic E-state index is 12.5. The quantitative estimate of drug-likeness (QED) is 0.544. The smallest absolute Gasteiger partial charge is 0.415 e. The van der Waals surface area contributed by atoms with Gasteiger partial charge in [0.05, 0.1) is 5.56 Å². The molecule has 1 fully saturated rings. The van der Waals surface area contributed by atoms with Crippen LogP contribution in [-0.4, -0.2) is 63.2 Å². The number of aromatic nitrogens is 3. The number of benzene rings is 1. The van der Waals surface area contributed by atoms with E-state index < -0.39 is 5.97 Å². The first-order chi connectivity index (χ1) is 15.5. The van der Waals surface area contributed by atoms with Gasteiger partial charge in [0, 0.05) is 50.0 Å². The first-order valence-corrected chi connectivity index (χ1v) is 11.0. The van der Waals surface area contributed by atoms with Crippen molar-refractivity contribution in [2.24, 2.45) is 0 Å². The fourth-order valence-corrected chi connectivity index (χ4v) is 4.23. The minimum absolute atomic E-state index is 0.149. The van der Waals surface area contributed by atoms with Crippen molar-refractivity contribution >= 4 is 29.6 Å². The van der Waals surface area contributed by atoms with Gasteiger partial charge in [-0.2, -0.15) is 0 Å². The van der Waals surface area contributed by atoms with Gasteiger partial charge in [-0.25, -0.2) is 19.6 Å². The minimum Gasteiger partial charge on any atom is -0.478 e. The van der Waals surface area contributed by atoms with Gasteiger partial charge in [0.1, 0.15) is 11.6 Å². The molecule has 0 radical (unpaired) electrons. The lowest BCUT2D eigenvalue weighted by atomic mass is 10.1. The number of imidazole rings is 1. The number of piperazine rings is 1. The van der Waals surface area contributed by atoms with Crippen molar-refractivity contribution in [3.63, 3.8) is 0 Å². The summed E-state index contributed by atoms with van der Waals surface area (Å²) in [5.41, 5.74) is 1.26. The molecule has 9 nitrogen and oxygen atoms in total. The van der Waals surface area contributed by atoms with Crippen molar-refractivity contribution in [3.05, 3.63) is 66.1 Å². The predicted molar refractivity (Wildman–Crippen MR) is 120 cm³/mol. The van der Waals surface area contributed by atoms with E-state index in [-0.39, 0.29) is 16.9 Å². The Morgan fingerprint density at radius 1 is 1.09 bits per heavy atom. The number of carbonyl (C=O) groups is 2. The van der Waals surface area contributed by atoms with Crippen molar-refractivity contribution in [2.75, 3.05) is 31.1 Å². The van der Waals surface area contributed by atoms with Crippen LogP contribution in [0.3, 0.4) is 0 Å². The monoisotopic (exact) mass is 453 g/mol. The molecule has 0 bridgehead atoms. The van der Waals surface area contributed by atoms with Gasteiger partial charge < -0.3 is 24.6 Å². The van der Waals surface area contributed by atoms with Gasteiger partial charge in [0.25, 0.3) is 0 Å². The SMILES string of the molecule is CC(Sc1ncc[nH]1)c1ccc(OC(=O)N2CCN(c3ccc(C(=O)O)cn3)CC2)cc1. The number of hydrogen-bond acceptors (Lipinski definition) is 7. The fourth-order valence-electron chi connectivity index (χ4n) is 3.34. The summed E-state index contributed by atoms with van der Waals surface area (Å²) in [6, 6.07) is 10.7. The lowest BCUT2D eigenvalue weighted by Crippen LogP contribution is -2.49. The minimum atomic E-state index is -1.00. The topological polar surface area (TPSA) is 112 Å². The molecule has 32 heavy (non-hydrogen) atoms. The first-order valence-electron chi connectivity index (χ1n) is 10.2. The number of pyridine rings is 1. The third-order valence-electron chi connectivity index (χ3n) is 5.17. The molecule has 1 atom stereocenters. The molecule has 0 aliphatic carbocycles. The van der Waals surface area contributed by atoms with E-state index in [4.69, 9.17) is 9.84 Å². The Kier molecular flexibility index (Phi) is 6.60. The summed E-state index contributed by atoms with van der Waals surface area (Å²) in [6.07, 6.45) is 4.48. The fraction of sp³-hybridized carbons (Fsp3) is 0.273. The zero-order valence-corrected chi connectivity index (χ0v) is 18.3. The summed E-state index contributed by atoms with van der Waals surface area (Å²) in [5, 5.41) is 10.0. The van der Waals surface area contributed by atoms with E-state index in [9.17, 15) is 9.59 Å². The molecular weight excluding hydrogens is 430 g/mol. The van der Waals surface area contributed by atoms with E-state index >= 15 is 0 Å². The predicted octanol–water partition coefficient (Wildman–Crippen LogP) is 3.68. The van der Waals surface area contributed by atoms with Gasteiger partial charge in [-0.05, 0) is 36.8 Å². The Morgan fingerprint density at radius 2 is 1.84 bits per heavy atom. The Bertz CT molecular complexity index is 1050. The van der Waals surface area contributed by atoms with Crippen molar-refractivity contribution in [1.82, 2.24) is 19.9 Å². The Hall–Kier alpha value is -3.53. The molecule has 2 N–H and O–H groups in total. The molecular formula is C22H23N5O4S. The van der Waals surface area contributed by atoms with Gasteiger partial charge in [0.15, 0.2) is 5.16 Å². The molecule has 1 aliphatic rings. The summed E-state index contributed by atoms with van der Waals surface area (Å²) in [6.45, 7) is 4.27. The second kappa shape index (κ2) is 9.73. The molecule has 0 saturated carbocycles. The maximum absolute atomic E-state index is 12.5. The van der Waals surface area contributed by atoms with Crippen LogP contribution in [-0.2, 0) is 0 Å². The lowest BCUT2D eigenvalue weighted by molar-refractivity contribution is 0.0696. The van der Waals surface area contributed by atoms with Gasteiger partial charge in [-0.15, -0.1) is 0 Å². The number of rotatable bonds is 6. The third kappa shape index (κ3) is 5.20. The molecule has 10 heteroatoms. The number of H-pyrrole nitrogens is 1. The summed E-state index contributed by atoms with van der Waals surface area (Å²) >= 11 is 1.62. The number of thioether (sulfide) groups is 1. The number of ether oxygens (including phenoxy) is 1. The number of carbonyl (C=O) groups excluding carboxylic acids is 1. The molecule has 3 aromatic rings. The van der Waals surface area contributed by atoms with Crippen molar-refractivity contribution in [1.29, 1.82) is 0 Å². The molecule has 4 rings (SSSR count). The number of anilines is 1. The van der Waals surface area contributed by atoms with Crippen molar-refractivity contribution in [2.45, 2.75) is 17.3 Å². The summed E-state index contributed by atoms with van der Waals surface area (Å²) in [5.74, 6) is 0.192. The lowest BCUT2D eigenvalue weighted by Gasteiger charge is -2.34. The highest BCUT2D eigenvalue weighted by Gasteiger charge is 2.23. The normalized spacial score (nSPS) is 14.8. The Balaban J connectivity index is 1.27. The maximum Gasteiger partial charge on any atom is 0.415 e. The van der Waals surface area contributed by atoms with E-state index in [1.165, 1.54) is 12.3 Å². The molecule has 0 spiro atoms. The zero-order chi connectivity index (χ0) is 22.5. The number of aromatic carboxylic acids is 1. The van der Waals surface area contributed by atoms with Crippen molar-refractivity contribution in [3.8, 4) is 5.75 Å². The van der Waals surface area contributed by atoms with Crippen molar-refractivity contribution < 1.29 is 19.4 Å². The van der Waals surface area contributed by atoms with E-state index in [1.807, 2.05) is 17.0 Å². The number of amides is 1. The number of nitrogens with zero attached hydrogens (tertiary/aromatic N) is 4. The van der Waals surface area contributed by atoms with Crippen LogP contribution >= 0.6 is 11.8 Å². The van der Waals surface area contributed by atoms with E-state index in [2.05, 4.69) is 21.9 Å². The van der Waals surface area contributed by atoms with Gasteiger partial charge >= 0.3 is 12.1 Å². The highest BCUT2D eigenvalue weighted by Crippen LogP contribution is 2.33. The average Bonchev–Trinajstić information content (AvgIpc) is 3.33. The highest BCUT2D eigenvalue weighted by molar-refractivity contribution is 7.99. The van der Waals surface area contributed by atoms with Crippen LogP contribution in [0.1, 0.15) is 28.1 Å². The number of carboxylic acid groups (broad SMARTS) is 1. The van der Waals surface area contributed by atoms with Crippen LogP contribution in [0.2, 0.25) is 0 Å². The van der Waals surface area contributed by atoms with Crippen LogP contribution in [0.15, 0.2) is 60.1 Å². The van der Waals surface area contributed by atoms with E-state index in [1.54, 1.807) is 47.3 Å². The first kappa shape index (κ1) is 21.7. The molecule has 1 unspecified atom stereocenters. The molecule has 1 saturated heterocycles. The molecule has 1 amide bonds. The standard InChI is InChI=1S/C22H23N5O4S/c1-15(32-21-23-8-9-24-21)16-2-5-18(6-3-16)31-22(30)27-12-10-26(11-13-27)19-7-4-17(14-25-19)20(28)29/h2-9,14-15H,10-13H2,1H3,(H,23,24)(H,28,29).